The van der Waals surface area contributed by atoms with Crippen LogP contribution in [0.2, 0.25) is 0 Å². The van der Waals surface area contributed by atoms with Crippen LogP contribution in [0.5, 0.6) is 0 Å². The summed E-state index contributed by atoms with van der Waals surface area (Å²) in [6.45, 7) is 3.72. The van der Waals surface area contributed by atoms with Crippen molar-refractivity contribution >= 4 is 5.91 Å². The van der Waals surface area contributed by atoms with Crippen molar-refractivity contribution in [3.8, 4) is 0 Å². The molecule has 0 aromatic heterocycles. The first-order chi connectivity index (χ1) is 8.81. The summed E-state index contributed by atoms with van der Waals surface area (Å²) in [5, 5.41) is 8.83. The summed E-state index contributed by atoms with van der Waals surface area (Å²) in [7, 11) is 0. The SMILES string of the molecule is O=C(CN(CCCCO)C1CC1)N1CCCCC1. The molecule has 2 aliphatic rings. The predicted octanol–water partition coefficient (Wildman–Crippen LogP) is 1.24. The zero-order chi connectivity index (χ0) is 12.8. The Labute approximate surface area is 110 Å². The van der Waals surface area contributed by atoms with Crippen molar-refractivity contribution in [2.24, 2.45) is 0 Å². The zero-order valence-electron chi connectivity index (χ0n) is 11.3. The van der Waals surface area contributed by atoms with Gasteiger partial charge in [-0.3, -0.25) is 9.69 Å². The van der Waals surface area contributed by atoms with E-state index in [0.29, 0.717) is 18.5 Å². The van der Waals surface area contributed by atoms with Crippen molar-refractivity contribution in [1.29, 1.82) is 0 Å². The summed E-state index contributed by atoms with van der Waals surface area (Å²) < 4.78 is 0. The normalized spacial score (nSPS) is 20.4. The second-order valence-corrected chi connectivity index (χ2v) is 5.57. The summed E-state index contributed by atoms with van der Waals surface area (Å²) in [5.41, 5.74) is 0. The number of rotatable bonds is 7. The van der Waals surface area contributed by atoms with Crippen molar-refractivity contribution in [3.05, 3.63) is 0 Å². The molecule has 4 nitrogen and oxygen atoms in total. The molecule has 0 spiro atoms. The molecule has 1 aliphatic carbocycles. The number of amides is 1. The van der Waals surface area contributed by atoms with Crippen LogP contribution in [-0.2, 0) is 4.79 Å². The van der Waals surface area contributed by atoms with Gasteiger partial charge in [0.1, 0.15) is 0 Å². The molecule has 0 aromatic carbocycles. The lowest BCUT2D eigenvalue weighted by atomic mass is 10.1. The summed E-state index contributed by atoms with van der Waals surface area (Å²) in [6, 6.07) is 0.637. The molecular formula is C14H26N2O2. The second kappa shape index (κ2) is 7.10. The van der Waals surface area contributed by atoms with Crippen LogP contribution < -0.4 is 0 Å². The van der Waals surface area contributed by atoms with Crippen molar-refractivity contribution in [2.45, 2.75) is 51.0 Å². The largest absolute Gasteiger partial charge is 0.396 e. The Bertz CT molecular complexity index is 261. The lowest BCUT2D eigenvalue weighted by Gasteiger charge is -2.30. The maximum atomic E-state index is 12.2. The highest BCUT2D eigenvalue weighted by Crippen LogP contribution is 2.27. The predicted molar refractivity (Wildman–Crippen MR) is 71.3 cm³/mol. The van der Waals surface area contributed by atoms with Crippen LogP contribution in [0.4, 0.5) is 0 Å². The molecule has 18 heavy (non-hydrogen) atoms. The Morgan fingerprint density at radius 1 is 1.17 bits per heavy atom. The van der Waals surface area contributed by atoms with Gasteiger partial charge in [-0.15, -0.1) is 0 Å². The smallest absolute Gasteiger partial charge is 0.236 e. The minimum atomic E-state index is 0.262. The fourth-order valence-electron chi connectivity index (χ4n) is 2.67. The van der Waals surface area contributed by atoms with E-state index in [1.807, 2.05) is 4.90 Å². The van der Waals surface area contributed by atoms with Crippen molar-refractivity contribution in [3.63, 3.8) is 0 Å². The van der Waals surface area contributed by atoms with E-state index >= 15 is 0 Å². The van der Waals surface area contributed by atoms with E-state index in [1.165, 1.54) is 32.1 Å². The Balaban J connectivity index is 1.74. The number of piperidine rings is 1. The molecule has 2 fully saturated rings. The van der Waals surface area contributed by atoms with Gasteiger partial charge in [-0.1, -0.05) is 0 Å². The maximum absolute atomic E-state index is 12.2. The Morgan fingerprint density at radius 3 is 2.50 bits per heavy atom. The molecule has 0 radical (unpaired) electrons. The number of carbonyl (C=O) groups is 1. The molecule has 1 saturated heterocycles. The monoisotopic (exact) mass is 254 g/mol. The highest BCUT2D eigenvalue weighted by Gasteiger charge is 2.31. The van der Waals surface area contributed by atoms with E-state index in [0.717, 1.165) is 32.5 Å². The fourth-order valence-corrected chi connectivity index (χ4v) is 2.67. The molecular weight excluding hydrogens is 228 g/mol. The van der Waals surface area contributed by atoms with Gasteiger partial charge in [-0.2, -0.15) is 0 Å². The third kappa shape index (κ3) is 4.25. The molecule has 0 atom stereocenters. The Morgan fingerprint density at radius 2 is 1.89 bits per heavy atom. The standard InChI is InChI=1S/C14H26N2O2/c17-11-5-4-10-16(13-6-7-13)12-14(18)15-8-2-1-3-9-15/h13,17H,1-12H2. The van der Waals surface area contributed by atoms with Crippen LogP contribution in [0, 0.1) is 0 Å². The second-order valence-electron chi connectivity index (χ2n) is 5.57. The lowest BCUT2D eigenvalue weighted by Crippen LogP contribution is -2.43. The Hall–Kier alpha value is -0.610. The molecule has 0 unspecified atom stereocenters. The van der Waals surface area contributed by atoms with Crippen LogP contribution >= 0.6 is 0 Å². The van der Waals surface area contributed by atoms with Gasteiger partial charge in [-0.25, -0.2) is 0 Å². The molecule has 0 bridgehead atoms. The van der Waals surface area contributed by atoms with Crippen molar-refractivity contribution in [1.82, 2.24) is 9.80 Å². The fraction of sp³-hybridized carbons (Fsp3) is 0.929. The van der Waals surface area contributed by atoms with Crippen LogP contribution in [0.3, 0.4) is 0 Å². The van der Waals surface area contributed by atoms with Gasteiger partial charge in [0.2, 0.25) is 5.91 Å². The average Bonchev–Trinajstić information content (AvgIpc) is 3.23. The van der Waals surface area contributed by atoms with Crippen molar-refractivity contribution < 1.29 is 9.90 Å². The topological polar surface area (TPSA) is 43.8 Å². The number of carbonyl (C=O) groups excluding carboxylic acids is 1. The number of hydrogen-bond acceptors (Lipinski definition) is 3. The highest BCUT2D eigenvalue weighted by atomic mass is 16.2. The first kappa shape index (κ1) is 13.8. The number of likely N-dealkylation sites (tertiary alicyclic amines) is 1. The van der Waals surface area contributed by atoms with Crippen LogP contribution in [0.25, 0.3) is 0 Å². The molecule has 2 rings (SSSR count). The van der Waals surface area contributed by atoms with E-state index in [4.69, 9.17) is 5.11 Å². The molecule has 4 heteroatoms. The number of unbranched alkanes of at least 4 members (excludes halogenated alkanes) is 1. The highest BCUT2D eigenvalue weighted by molar-refractivity contribution is 5.78. The Kier molecular flexibility index (Phi) is 5.45. The van der Waals surface area contributed by atoms with E-state index in [9.17, 15) is 4.79 Å². The van der Waals surface area contributed by atoms with Crippen LogP contribution in [0.15, 0.2) is 0 Å². The van der Waals surface area contributed by atoms with Crippen LogP contribution in [0.1, 0.15) is 44.9 Å². The molecule has 1 heterocycles. The van der Waals surface area contributed by atoms with Gasteiger partial charge in [-0.05, 0) is 51.5 Å². The zero-order valence-corrected chi connectivity index (χ0v) is 11.3. The van der Waals surface area contributed by atoms with E-state index in [1.54, 1.807) is 0 Å². The summed E-state index contributed by atoms with van der Waals surface area (Å²) in [4.78, 5) is 16.6. The van der Waals surface area contributed by atoms with Gasteiger partial charge in [0.25, 0.3) is 0 Å². The molecule has 1 N–H and O–H groups in total. The third-order valence-corrected chi connectivity index (χ3v) is 3.96. The lowest BCUT2D eigenvalue weighted by molar-refractivity contribution is -0.133. The van der Waals surface area contributed by atoms with Gasteiger partial charge < -0.3 is 10.0 Å². The van der Waals surface area contributed by atoms with Crippen LogP contribution in [-0.4, -0.2) is 59.6 Å². The minimum absolute atomic E-state index is 0.262. The first-order valence-electron chi connectivity index (χ1n) is 7.44. The van der Waals surface area contributed by atoms with Crippen molar-refractivity contribution in [2.75, 3.05) is 32.8 Å². The average molecular weight is 254 g/mol. The molecule has 0 aromatic rings. The van der Waals surface area contributed by atoms with E-state index < -0.39 is 0 Å². The quantitative estimate of drug-likeness (QED) is 0.695. The molecule has 1 saturated carbocycles. The van der Waals surface area contributed by atoms with Gasteiger partial charge in [0, 0.05) is 25.7 Å². The minimum Gasteiger partial charge on any atom is -0.396 e. The molecule has 104 valence electrons. The summed E-state index contributed by atoms with van der Waals surface area (Å²) in [5.74, 6) is 0.311. The maximum Gasteiger partial charge on any atom is 0.236 e. The number of aliphatic hydroxyl groups is 1. The summed E-state index contributed by atoms with van der Waals surface area (Å²) >= 11 is 0. The molecule has 1 aliphatic heterocycles. The first-order valence-corrected chi connectivity index (χ1v) is 7.44. The molecule has 1 amide bonds. The third-order valence-electron chi connectivity index (χ3n) is 3.96. The van der Waals surface area contributed by atoms with Gasteiger partial charge in [0.15, 0.2) is 0 Å². The van der Waals surface area contributed by atoms with Gasteiger partial charge in [0.05, 0.1) is 6.54 Å². The number of nitrogens with zero attached hydrogens (tertiary/aromatic N) is 2. The summed E-state index contributed by atoms with van der Waals surface area (Å²) in [6.07, 6.45) is 7.94. The van der Waals surface area contributed by atoms with E-state index in [-0.39, 0.29) is 6.61 Å². The van der Waals surface area contributed by atoms with Gasteiger partial charge >= 0.3 is 0 Å². The van der Waals surface area contributed by atoms with E-state index in [2.05, 4.69) is 4.90 Å². The number of hydrogen-bond donors (Lipinski definition) is 1. The number of aliphatic hydroxyl groups excluding tert-OH is 1.